The Hall–Kier alpha value is -2.32. The molecule has 0 unspecified atom stereocenters. The largest absolute Gasteiger partial charge is 0.468 e. The molecule has 5 nitrogen and oxygen atoms in total. The number of carbonyl (C=O) groups is 2. The van der Waals surface area contributed by atoms with Gasteiger partial charge < -0.3 is 15.2 Å². The molecule has 0 bridgehead atoms. The lowest BCUT2D eigenvalue weighted by Crippen LogP contribution is -2.30. The van der Waals surface area contributed by atoms with Crippen molar-refractivity contribution in [3.8, 4) is 11.8 Å². The van der Waals surface area contributed by atoms with E-state index >= 15 is 0 Å². The van der Waals surface area contributed by atoms with E-state index in [1.165, 1.54) is 7.11 Å². The van der Waals surface area contributed by atoms with Crippen molar-refractivity contribution in [2.75, 3.05) is 20.3 Å². The van der Waals surface area contributed by atoms with E-state index < -0.39 is 5.97 Å². The van der Waals surface area contributed by atoms with Gasteiger partial charge in [-0.1, -0.05) is 17.9 Å². The zero-order valence-corrected chi connectivity index (χ0v) is 10.8. The summed E-state index contributed by atoms with van der Waals surface area (Å²) < 4.78 is 4.43. The molecule has 1 rings (SSSR count). The lowest BCUT2D eigenvalue weighted by molar-refractivity contribution is -0.139. The van der Waals surface area contributed by atoms with Gasteiger partial charge in [0.15, 0.2) is 0 Å². The summed E-state index contributed by atoms with van der Waals surface area (Å²) in [7, 11) is 1.25. The predicted octanol–water partition coefficient (Wildman–Crippen LogP) is 0.242. The van der Waals surface area contributed by atoms with Crippen LogP contribution in [0.2, 0.25) is 0 Å². The normalized spacial score (nSPS) is 9.21. The van der Waals surface area contributed by atoms with Gasteiger partial charge in [0.25, 0.3) is 5.91 Å². The van der Waals surface area contributed by atoms with Crippen molar-refractivity contribution in [1.29, 1.82) is 0 Å². The molecule has 1 aromatic rings. The number of aliphatic hydroxyl groups excluding tert-OH is 1. The van der Waals surface area contributed by atoms with E-state index in [4.69, 9.17) is 5.11 Å². The fourth-order valence-electron chi connectivity index (χ4n) is 1.36. The SMILES string of the molecule is COC(=O)CNC(=O)c1ccc(C)c(C#CCO)c1. The second-order valence-electron chi connectivity index (χ2n) is 3.75. The third kappa shape index (κ3) is 4.45. The average Bonchev–Trinajstić information content (AvgIpc) is 2.43. The number of methoxy groups -OCH3 is 1. The van der Waals surface area contributed by atoms with Crippen LogP contribution in [0.3, 0.4) is 0 Å². The summed E-state index contributed by atoms with van der Waals surface area (Å²) in [4.78, 5) is 22.7. The molecule has 19 heavy (non-hydrogen) atoms. The van der Waals surface area contributed by atoms with Crippen LogP contribution in [0.1, 0.15) is 21.5 Å². The molecule has 0 saturated carbocycles. The molecule has 1 amide bonds. The van der Waals surface area contributed by atoms with E-state index in [0.29, 0.717) is 11.1 Å². The Morgan fingerprint density at radius 3 is 2.79 bits per heavy atom. The van der Waals surface area contributed by atoms with Crippen LogP contribution >= 0.6 is 0 Å². The Morgan fingerprint density at radius 1 is 1.42 bits per heavy atom. The molecule has 100 valence electrons. The maximum absolute atomic E-state index is 11.8. The molecule has 0 atom stereocenters. The lowest BCUT2D eigenvalue weighted by Gasteiger charge is -2.05. The number of nitrogens with one attached hydrogen (secondary N) is 1. The number of rotatable bonds is 3. The van der Waals surface area contributed by atoms with Gasteiger partial charge in [-0.15, -0.1) is 0 Å². The molecule has 0 aromatic heterocycles. The summed E-state index contributed by atoms with van der Waals surface area (Å²) >= 11 is 0. The zero-order chi connectivity index (χ0) is 14.3. The number of carbonyl (C=O) groups excluding carboxylic acids is 2. The van der Waals surface area contributed by atoms with E-state index in [9.17, 15) is 9.59 Å². The Kier molecular flexibility index (Phi) is 5.58. The fourth-order valence-corrected chi connectivity index (χ4v) is 1.36. The zero-order valence-electron chi connectivity index (χ0n) is 10.8. The number of hydrogen-bond donors (Lipinski definition) is 2. The Bertz CT molecular complexity index is 540. The number of hydrogen-bond acceptors (Lipinski definition) is 4. The molecule has 0 aliphatic carbocycles. The third-order valence-electron chi connectivity index (χ3n) is 2.42. The van der Waals surface area contributed by atoms with Crippen LogP contribution < -0.4 is 5.32 Å². The molecular weight excluding hydrogens is 246 g/mol. The van der Waals surface area contributed by atoms with Gasteiger partial charge >= 0.3 is 5.97 Å². The van der Waals surface area contributed by atoms with Gasteiger partial charge in [0, 0.05) is 11.1 Å². The third-order valence-corrected chi connectivity index (χ3v) is 2.42. The summed E-state index contributed by atoms with van der Waals surface area (Å²) in [6.07, 6.45) is 0. The molecule has 0 aliphatic rings. The van der Waals surface area contributed by atoms with E-state index in [1.807, 2.05) is 6.92 Å². The van der Waals surface area contributed by atoms with Crippen LogP contribution in [0.15, 0.2) is 18.2 Å². The van der Waals surface area contributed by atoms with Crippen LogP contribution in [-0.4, -0.2) is 37.2 Å². The minimum absolute atomic E-state index is 0.180. The van der Waals surface area contributed by atoms with Crippen LogP contribution in [-0.2, 0) is 9.53 Å². The summed E-state index contributed by atoms with van der Waals surface area (Å²) in [6, 6.07) is 5.02. The molecule has 0 heterocycles. The van der Waals surface area contributed by atoms with Gasteiger partial charge in [0.2, 0.25) is 0 Å². The monoisotopic (exact) mass is 261 g/mol. The Morgan fingerprint density at radius 2 is 2.16 bits per heavy atom. The van der Waals surface area contributed by atoms with Crippen molar-refractivity contribution in [1.82, 2.24) is 5.32 Å². The number of esters is 1. The van der Waals surface area contributed by atoms with E-state index in [1.54, 1.807) is 18.2 Å². The Labute approximate surface area is 111 Å². The Balaban J connectivity index is 2.83. The quantitative estimate of drug-likeness (QED) is 0.604. The smallest absolute Gasteiger partial charge is 0.325 e. The van der Waals surface area contributed by atoms with E-state index in [0.717, 1.165) is 5.56 Å². The molecular formula is C14H15NO4. The molecule has 0 saturated heterocycles. The molecule has 2 N–H and O–H groups in total. The first-order chi connectivity index (χ1) is 9.08. The van der Waals surface area contributed by atoms with Crippen molar-refractivity contribution in [2.24, 2.45) is 0 Å². The molecule has 0 fully saturated rings. The topological polar surface area (TPSA) is 75.6 Å². The average molecular weight is 261 g/mol. The number of benzene rings is 1. The second-order valence-corrected chi connectivity index (χ2v) is 3.75. The molecule has 5 heteroatoms. The number of amides is 1. The standard InChI is InChI=1S/C14H15NO4/c1-10-5-6-12(8-11(10)4-3-7-16)14(18)15-9-13(17)19-2/h5-6,8,16H,7,9H2,1-2H3,(H,15,18). The van der Waals surface area contributed by atoms with Gasteiger partial charge in [-0.05, 0) is 24.6 Å². The van der Waals surface area contributed by atoms with Crippen molar-refractivity contribution >= 4 is 11.9 Å². The second kappa shape index (κ2) is 7.19. The molecule has 0 spiro atoms. The van der Waals surface area contributed by atoms with Gasteiger partial charge in [-0.3, -0.25) is 9.59 Å². The van der Waals surface area contributed by atoms with Crippen molar-refractivity contribution in [3.63, 3.8) is 0 Å². The van der Waals surface area contributed by atoms with Gasteiger partial charge in [-0.2, -0.15) is 0 Å². The number of aryl methyl sites for hydroxylation is 1. The minimum atomic E-state index is -0.513. The van der Waals surface area contributed by atoms with Crippen LogP contribution in [0.5, 0.6) is 0 Å². The first-order valence-electron chi connectivity index (χ1n) is 5.64. The van der Waals surface area contributed by atoms with Crippen molar-refractivity contribution in [2.45, 2.75) is 6.92 Å². The summed E-state index contributed by atoms with van der Waals surface area (Å²) in [5.74, 6) is 4.40. The fraction of sp³-hybridized carbons (Fsp3) is 0.286. The molecule has 1 aromatic carbocycles. The number of aliphatic hydroxyl groups is 1. The minimum Gasteiger partial charge on any atom is -0.468 e. The van der Waals surface area contributed by atoms with Gasteiger partial charge in [0.1, 0.15) is 13.2 Å². The van der Waals surface area contributed by atoms with Crippen molar-refractivity contribution in [3.05, 3.63) is 34.9 Å². The highest BCUT2D eigenvalue weighted by atomic mass is 16.5. The lowest BCUT2D eigenvalue weighted by atomic mass is 10.0. The summed E-state index contributed by atoms with van der Waals surface area (Å²) in [6.45, 7) is 1.44. The highest BCUT2D eigenvalue weighted by Gasteiger charge is 2.09. The van der Waals surface area contributed by atoms with Crippen LogP contribution in [0.4, 0.5) is 0 Å². The highest BCUT2D eigenvalue weighted by Crippen LogP contribution is 2.10. The summed E-state index contributed by atoms with van der Waals surface area (Å²) in [5, 5.41) is 11.1. The molecule has 0 aliphatic heterocycles. The first-order valence-corrected chi connectivity index (χ1v) is 5.64. The number of ether oxygens (including phenoxy) is 1. The van der Waals surface area contributed by atoms with Crippen molar-refractivity contribution < 1.29 is 19.4 Å². The van der Waals surface area contributed by atoms with E-state index in [2.05, 4.69) is 21.9 Å². The van der Waals surface area contributed by atoms with Gasteiger partial charge in [-0.25, -0.2) is 0 Å². The van der Waals surface area contributed by atoms with E-state index in [-0.39, 0.29) is 19.1 Å². The molecule has 0 radical (unpaired) electrons. The maximum Gasteiger partial charge on any atom is 0.325 e. The maximum atomic E-state index is 11.8. The predicted molar refractivity (Wildman–Crippen MR) is 69.5 cm³/mol. The summed E-state index contributed by atoms with van der Waals surface area (Å²) in [5.41, 5.74) is 1.97. The highest BCUT2D eigenvalue weighted by molar-refractivity contribution is 5.96. The van der Waals surface area contributed by atoms with Crippen LogP contribution in [0, 0.1) is 18.8 Å². The van der Waals surface area contributed by atoms with Crippen LogP contribution in [0.25, 0.3) is 0 Å². The first kappa shape index (κ1) is 14.7. The van der Waals surface area contributed by atoms with Gasteiger partial charge in [0.05, 0.1) is 7.11 Å².